The summed E-state index contributed by atoms with van der Waals surface area (Å²) in [5, 5.41) is 0. The van der Waals surface area contributed by atoms with Crippen LogP contribution in [0.2, 0.25) is 0 Å². The summed E-state index contributed by atoms with van der Waals surface area (Å²) in [6.45, 7) is 7.50. The minimum atomic E-state index is -0.844. The molecule has 1 atom stereocenters. The Morgan fingerprint density at radius 3 is 1.88 bits per heavy atom. The summed E-state index contributed by atoms with van der Waals surface area (Å²) in [6, 6.07) is 19.3. The van der Waals surface area contributed by atoms with E-state index < -0.39 is 23.5 Å². The summed E-state index contributed by atoms with van der Waals surface area (Å²) >= 11 is 0. The Balaban J connectivity index is 1.74. The summed E-state index contributed by atoms with van der Waals surface area (Å²) < 4.78 is 6.02. The Bertz CT molecular complexity index is 1180. The first-order valence-corrected chi connectivity index (χ1v) is 15.4. The molecule has 0 N–H and O–H groups in total. The Labute approximate surface area is 256 Å². The quantitative estimate of drug-likeness (QED) is 0.274. The van der Waals surface area contributed by atoms with Gasteiger partial charge in [0.1, 0.15) is 6.61 Å². The molecule has 1 aliphatic heterocycles. The number of likely N-dealkylation sites (tertiary alicyclic amines) is 1. The molecule has 4 amide bonds. The van der Waals surface area contributed by atoms with E-state index in [2.05, 4.69) is 0 Å². The van der Waals surface area contributed by atoms with Crippen molar-refractivity contribution in [2.45, 2.75) is 58.6 Å². The zero-order chi connectivity index (χ0) is 31.6. The van der Waals surface area contributed by atoms with Gasteiger partial charge < -0.3 is 19.4 Å². The van der Waals surface area contributed by atoms with Gasteiger partial charge in [0.2, 0.25) is 23.6 Å². The van der Waals surface area contributed by atoms with Crippen LogP contribution in [0, 0.1) is 5.41 Å². The molecule has 9 nitrogen and oxygen atoms in total. The fourth-order valence-electron chi connectivity index (χ4n) is 5.65. The fourth-order valence-corrected chi connectivity index (χ4v) is 5.65. The maximum Gasteiger partial charge on any atom is 0.248 e. The van der Waals surface area contributed by atoms with Crippen LogP contribution >= 0.6 is 0 Å². The lowest BCUT2D eigenvalue weighted by molar-refractivity contribution is -0.223. The number of ether oxygens (including phenoxy) is 1. The van der Waals surface area contributed by atoms with Gasteiger partial charge in [-0.2, -0.15) is 0 Å². The standard InChI is InChI=1S/C34H48N4O5/c1-7-21-37(31(41)30(26-16-12-10-13-17-26)27-18-14-11-15-19-27)22-20-28(39)38-32(42)34(8-2,9-3)33(38)43-25-29(40)36(6)24-23-35(4)5/h10-19,30,33H,7-9,20-25H2,1-6H3. The van der Waals surface area contributed by atoms with Crippen molar-refractivity contribution in [1.82, 2.24) is 19.6 Å². The van der Waals surface area contributed by atoms with Crippen LogP contribution < -0.4 is 0 Å². The molecule has 0 radical (unpaired) electrons. The third-order valence-electron chi connectivity index (χ3n) is 8.47. The molecule has 2 aromatic rings. The van der Waals surface area contributed by atoms with Crippen LogP contribution in [-0.4, -0.2) is 103 Å². The van der Waals surface area contributed by atoms with E-state index in [-0.39, 0.29) is 37.3 Å². The molecule has 0 bridgehead atoms. The first kappa shape index (κ1) is 33.9. The molecule has 3 rings (SSSR count). The average Bonchev–Trinajstić information content (AvgIpc) is 3.01. The highest BCUT2D eigenvalue weighted by atomic mass is 16.5. The van der Waals surface area contributed by atoms with Crippen LogP contribution in [0.5, 0.6) is 0 Å². The molecular weight excluding hydrogens is 544 g/mol. The van der Waals surface area contributed by atoms with Gasteiger partial charge in [-0.15, -0.1) is 0 Å². The average molecular weight is 593 g/mol. The van der Waals surface area contributed by atoms with Crippen LogP contribution in [-0.2, 0) is 23.9 Å². The summed E-state index contributed by atoms with van der Waals surface area (Å²) in [6.07, 6.45) is 0.886. The number of carbonyl (C=O) groups is 4. The second kappa shape index (κ2) is 15.8. The largest absolute Gasteiger partial charge is 0.347 e. The third-order valence-corrected chi connectivity index (χ3v) is 8.47. The van der Waals surface area contributed by atoms with Gasteiger partial charge in [-0.1, -0.05) is 81.4 Å². The molecule has 1 fully saturated rings. The Kier molecular flexibility index (Phi) is 12.5. The van der Waals surface area contributed by atoms with Gasteiger partial charge in [-0.25, -0.2) is 0 Å². The van der Waals surface area contributed by atoms with Crippen molar-refractivity contribution < 1.29 is 23.9 Å². The van der Waals surface area contributed by atoms with Gasteiger partial charge in [0.15, 0.2) is 6.23 Å². The monoisotopic (exact) mass is 592 g/mol. The molecule has 43 heavy (non-hydrogen) atoms. The number of carbonyl (C=O) groups excluding carboxylic acids is 4. The zero-order valence-electron chi connectivity index (χ0n) is 26.6. The second-order valence-corrected chi connectivity index (χ2v) is 11.5. The fraction of sp³-hybridized carbons (Fsp3) is 0.529. The topological polar surface area (TPSA) is 90.5 Å². The van der Waals surface area contributed by atoms with E-state index in [0.29, 0.717) is 32.5 Å². The van der Waals surface area contributed by atoms with Crippen LogP contribution in [0.1, 0.15) is 63.5 Å². The van der Waals surface area contributed by atoms with Gasteiger partial charge >= 0.3 is 0 Å². The minimum Gasteiger partial charge on any atom is -0.347 e. The number of β-lactam (4-membered cyclic amide) rings is 1. The summed E-state index contributed by atoms with van der Waals surface area (Å²) in [5.74, 6) is -1.47. The minimum absolute atomic E-state index is 0.0200. The molecular formula is C34H48N4O5. The molecule has 2 aromatic carbocycles. The van der Waals surface area contributed by atoms with E-state index in [9.17, 15) is 19.2 Å². The highest BCUT2D eigenvalue weighted by Crippen LogP contribution is 2.46. The van der Waals surface area contributed by atoms with Crippen molar-refractivity contribution in [3.63, 3.8) is 0 Å². The van der Waals surface area contributed by atoms with Crippen molar-refractivity contribution >= 4 is 23.6 Å². The Morgan fingerprint density at radius 2 is 1.40 bits per heavy atom. The van der Waals surface area contributed by atoms with Crippen molar-refractivity contribution in [3.05, 3.63) is 71.8 Å². The lowest BCUT2D eigenvalue weighted by Crippen LogP contribution is -2.71. The third kappa shape index (κ3) is 7.89. The smallest absolute Gasteiger partial charge is 0.248 e. The van der Waals surface area contributed by atoms with Gasteiger partial charge in [0.05, 0.1) is 11.3 Å². The predicted octanol–water partition coefficient (Wildman–Crippen LogP) is 3.99. The van der Waals surface area contributed by atoms with Gasteiger partial charge in [-0.05, 0) is 44.5 Å². The molecule has 1 aliphatic rings. The van der Waals surface area contributed by atoms with Crippen molar-refractivity contribution in [2.24, 2.45) is 5.41 Å². The lowest BCUT2D eigenvalue weighted by Gasteiger charge is -2.53. The number of nitrogens with zero attached hydrogens (tertiary/aromatic N) is 4. The van der Waals surface area contributed by atoms with E-state index in [0.717, 1.165) is 17.5 Å². The van der Waals surface area contributed by atoms with Crippen LogP contribution in [0.25, 0.3) is 0 Å². The number of hydrogen-bond donors (Lipinski definition) is 0. The summed E-state index contributed by atoms with van der Waals surface area (Å²) in [7, 11) is 5.59. The molecule has 1 unspecified atom stereocenters. The van der Waals surface area contributed by atoms with Crippen molar-refractivity contribution in [2.75, 3.05) is 53.9 Å². The predicted molar refractivity (Wildman–Crippen MR) is 167 cm³/mol. The van der Waals surface area contributed by atoms with E-state index in [1.54, 1.807) is 16.8 Å². The molecule has 1 heterocycles. The molecule has 1 saturated heterocycles. The first-order valence-electron chi connectivity index (χ1n) is 15.4. The second-order valence-electron chi connectivity index (χ2n) is 11.5. The van der Waals surface area contributed by atoms with Gasteiger partial charge in [0, 0.05) is 39.6 Å². The molecule has 0 aliphatic carbocycles. The maximum absolute atomic E-state index is 14.0. The number of imide groups is 1. The number of benzene rings is 2. The van der Waals surface area contributed by atoms with E-state index in [1.165, 1.54) is 4.90 Å². The number of hydrogen-bond acceptors (Lipinski definition) is 6. The number of rotatable bonds is 16. The molecule has 234 valence electrons. The normalized spacial score (nSPS) is 15.9. The summed E-state index contributed by atoms with van der Waals surface area (Å²) in [5.41, 5.74) is 0.921. The Hall–Kier alpha value is -3.56. The molecule has 0 aromatic heterocycles. The van der Waals surface area contributed by atoms with Crippen molar-refractivity contribution in [3.8, 4) is 0 Å². The SMILES string of the molecule is CCCN(CCC(=O)N1C(=O)C(CC)(CC)C1OCC(=O)N(C)CCN(C)C)C(=O)C(c1ccccc1)c1ccccc1. The van der Waals surface area contributed by atoms with Crippen LogP contribution in [0.3, 0.4) is 0 Å². The van der Waals surface area contributed by atoms with Crippen molar-refractivity contribution in [1.29, 1.82) is 0 Å². The molecule has 0 spiro atoms. The molecule has 0 saturated carbocycles. The summed E-state index contributed by atoms with van der Waals surface area (Å²) in [4.78, 5) is 60.2. The van der Waals surface area contributed by atoms with Gasteiger partial charge in [-0.3, -0.25) is 24.1 Å². The Morgan fingerprint density at radius 1 is 0.837 bits per heavy atom. The van der Waals surface area contributed by atoms with Crippen LogP contribution in [0.4, 0.5) is 0 Å². The lowest BCUT2D eigenvalue weighted by atomic mass is 9.71. The highest BCUT2D eigenvalue weighted by molar-refractivity contribution is 6.04. The van der Waals surface area contributed by atoms with E-state index in [4.69, 9.17) is 4.74 Å². The number of likely N-dealkylation sites (N-methyl/N-ethyl adjacent to an activating group) is 2. The van der Waals surface area contributed by atoms with Gasteiger partial charge in [0.25, 0.3) is 0 Å². The van der Waals surface area contributed by atoms with E-state index >= 15 is 0 Å². The zero-order valence-corrected chi connectivity index (χ0v) is 26.6. The number of amides is 4. The molecule has 9 heteroatoms. The highest BCUT2D eigenvalue weighted by Gasteiger charge is 2.61. The first-order chi connectivity index (χ1) is 20.6. The maximum atomic E-state index is 14.0. The van der Waals surface area contributed by atoms with Crippen LogP contribution in [0.15, 0.2) is 60.7 Å². The van der Waals surface area contributed by atoms with E-state index in [1.807, 2.05) is 100 Å².